The van der Waals surface area contributed by atoms with Crippen molar-refractivity contribution in [2.75, 3.05) is 7.11 Å². The summed E-state index contributed by atoms with van der Waals surface area (Å²) >= 11 is 0. The van der Waals surface area contributed by atoms with E-state index in [2.05, 4.69) is 16.1 Å². The number of benzene rings is 1. The Hall–Kier alpha value is -2.62. The molecule has 4 heteroatoms. The summed E-state index contributed by atoms with van der Waals surface area (Å²) in [5, 5.41) is 4.58. The molecule has 4 nitrogen and oxygen atoms in total. The largest absolute Gasteiger partial charge is 0.497 e. The molecule has 0 saturated heterocycles. The second kappa shape index (κ2) is 5.57. The zero-order chi connectivity index (χ0) is 13.8. The Morgan fingerprint density at radius 2 is 1.95 bits per heavy atom. The van der Waals surface area contributed by atoms with Gasteiger partial charge in [0.15, 0.2) is 0 Å². The Kier molecular flexibility index (Phi) is 3.46. The molecule has 0 aliphatic carbocycles. The highest BCUT2D eigenvalue weighted by atomic mass is 16.5. The number of rotatable bonds is 4. The Balaban J connectivity index is 1.80. The van der Waals surface area contributed by atoms with Crippen LogP contribution in [-0.2, 0) is 6.54 Å². The lowest BCUT2D eigenvalue weighted by molar-refractivity contribution is 0.414. The number of hydrogen-bond acceptors (Lipinski definition) is 3. The molecule has 1 aromatic carbocycles. The van der Waals surface area contributed by atoms with Crippen LogP contribution in [0.3, 0.4) is 0 Å². The smallest absolute Gasteiger partial charge is 0.119 e. The van der Waals surface area contributed by atoms with Gasteiger partial charge in [0.25, 0.3) is 0 Å². The van der Waals surface area contributed by atoms with Crippen molar-refractivity contribution in [3.63, 3.8) is 0 Å². The molecule has 0 saturated carbocycles. The second-order valence-corrected chi connectivity index (χ2v) is 4.49. The summed E-state index contributed by atoms with van der Waals surface area (Å²) < 4.78 is 7.15. The first kappa shape index (κ1) is 12.4. The third kappa shape index (κ3) is 2.69. The first-order valence-corrected chi connectivity index (χ1v) is 6.42. The molecule has 0 spiro atoms. The van der Waals surface area contributed by atoms with Crippen LogP contribution in [0.15, 0.2) is 61.1 Å². The van der Waals surface area contributed by atoms with Gasteiger partial charge in [-0.05, 0) is 35.9 Å². The van der Waals surface area contributed by atoms with Gasteiger partial charge in [0.2, 0.25) is 0 Å². The van der Waals surface area contributed by atoms with E-state index < -0.39 is 0 Å². The van der Waals surface area contributed by atoms with E-state index in [4.69, 9.17) is 4.74 Å². The lowest BCUT2D eigenvalue weighted by atomic mass is 10.2. The van der Waals surface area contributed by atoms with Crippen molar-refractivity contribution < 1.29 is 4.74 Å². The maximum atomic E-state index is 5.23. The van der Waals surface area contributed by atoms with Crippen LogP contribution in [0, 0.1) is 0 Å². The van der Waals surface area contributed by atoms with E-state index in [0.717, 1.165) is 29.1 Å². The molecule has 0 bridgehead atoms. The number of ether oxygens (including phenoxy) is 1. The molecule has 0 aliphatic rings. The molecule has 3 aromatic rings. The molecule has 0 fully saturated rings. The maximum Gasteiger partial charge on any atom is 0.119 e. The van der Waals surface area contributed by atoms with Crippen molar-refractivity contribution in [2.45, 2.75) is 6.54 Å². The average molecular weight is 265 g/mol. The number of hydrogen-bond donors (Lipinski definition) is 0. The van der Waals surface area contributed by atoms with Crippen LogP contribution in [-0.4, -0.2) is 21.9 Å². The summed E-state index contributed by atoms with van der Waals surface area (Å²) in [6.07, 6.45) is 5.53. The van der Waals surface area contributed by atoms with E-state index in [1.807, 2.05) is 47.3 Å². The van der Waals surface area contributed by atoms with Crippen molar-refractivity contribution in [1.29, 1.82) is 0 Å². The average Bonchev–Trinajstić information content (AvgIpc) is 2.97. The second-order valence-electron chi connectivity index (χ2n) is 4.49. The van der Waals surface area contributed by atoms with Gasteiger partial charge in [-0.25, -0.2) is 0 Å². The fourth-order valence-electron chi connectivity index (χ4n) is 2.08. The van der Waals surface area contributed by atoms with Crippen molar-refractivity contribution >= 4 is 0 Å². The van der Waals surface area contributed by atoms with Gasteiger partial charge < -0.3 is 4.74 Å². The predicted octanol–water partition coefficient (Wildman–Crippen LogP) is 3.00. The number of pyridine rings is 1. The number of nitrogens with zero attached hydrogens (tertiary/aromatic N) is 3. The molecule has 20 heavy (non-hydrogen) atoms. The molecule has 0 atom stereocenters. The summed E-state index contributed by atoms with van der Waals surface area (Å²) in [5.74, 6) is 0.865. The van der Waals surface area contributed by atoms with Gasteiger partial charge >= 0.3 is 0 Å². The van der Waals surface area contributed by atoms with Crippen LogP contribution >= 0.6 is 0 Å². The topological polar surface area (TPSA) is 39.9 Å². The van der Waals surface area contributed by atoms with Crippen molar-refractivity contribution in [2.24, 2.45) is 0 Å². The van der Waals surface area contributed by atoms with E-state index in [-0.39, 0.29) is 0 Å². The van der Waals surface area contributed by atoms with E-state index >= 15 is 0 Å². The molecule has 0 unspecified atom stereocenters. The summed E-state index contributed by atoms with van der Waals surface area (Å²) in [5.41, 5.74) is 3.19. The molecule has 2 aromatic heterocycles. The first-order valence-electron chi connectivity index (χ1n) is 6.42. The van der Waals surface area contributed by atoms with Crippen LogP contribution in [0.4, 0.5) is 0 Å². The van der Waals surface area contributed by atoms with E-state index in [1.165, 1.54) is 0 Å². The highest BCUT2D eigenvalue weighted by Gasteiger charge is 2.03. The number of aromatic nitrogens is 3. The SMILES string of the molecule is COc1cccc(Cn2ccc(-c3ccncc3)n2)c1. The Morgan fingerprint density at radius 1 is 1.10 bits per heavy atom. The van der Waals surface area contributed by atoms with Crippen LogP contribution in [0.25, 0.3) is 11.3 Å². The summed E-state index contributed by atoms with van der Waals surface area (Å²) in [4.78, 5) is 4.02. The van der Waals surface area contributed by atoms with E-state index in [1.54, 1.807) is 19.5 Å². The van der Waals surface area contributed by atoms with Crippen molar-refractivity contribution in [3.05, 3.63) is 66.6 Å². The standard InChI is InChI=1S/C16H15N3O/c1-20-15-4-2-3-13(11-15)12-19-10-7-16(18-19)14-5-8-17-9-6-14/h2-11H,12H2,1H3. The molecular formula is C16H15N3O. The van der Waals surface area contributed by atoms with Gasteiger partial charge in [0.1, 0.15) is 5.75 Å². The van der Waals surface area contributed by atoms with Gasteiger partial charge in [0.05, 0.1) is 19.3 Å². The van der Waals surface area contributed by atoms with Gasteiger partial charge in [-0.3, -0.25) is 9.67 Å². The van der Waals surface area contributed by atoms with Crippen LogP contribution in [0.1, 0.15) is 5.56 Å². The Bertz CT molecular complexity index is 692. The highest BCUT2D eigenvalue weighted by Crippen LogP contribution is 2.17. The molecule has 0 N–H and O–H groups in total. The highest BCUT2D eigenvalue weighted by molar-refractivity contribution is 5.57. The summed E-state index contributed by atoms with van der Waals surface area (Å²) in [6.45, 7) is 0.724. The normalized spacial score (nSPS) is 10.4. The minimum absolute atomic E-state index is 0.724. The fourth-order valence-corrected chi connectivity index (χ4v) is 2.08. The van der Waals surface area contributed by atoms with Gasteiger partial charge in [-0.15, -0.1) is 0 Å². The molecule has 2 heterocycles. The zero-order valence-electron chi connectivity index (χ0n) is 11.2. The lowest BCUT2D eigenvalue weighted by Crippen LogP contribution is -2.00. The van der Waals surface area contributed by atoms with Crippen molar-refractivity contribution in [3.8, 4) is 17.0 Å². The van der Waals surface area contributed by atoms with Crippen molar-refractivity contribution in [1.82, 2.24) is 14.8 Å². The molecule has 0 aliphatic heterocycles. The molecule has 3 rings (SSSR count). The quantitative estimate of drug-likeness (QED) is 0.728. The first-order chi connectivity index (χ1) is 9.85. The molecule has 0 amide bonds. The van der Waals surface area contributed by atoms with Crippen LogP contribution in [0.2, 0.25) is 0 Å². The fraction of sp³-hybridized carbons (Fsp3) is 0.125. The molecule has 100 valence electrons. The minimum atomic E-state index is 0.724. The summed E-state index contributed by atoms with van der Waals surface area (Å²) in [7, 11) is 1.68. The lowest BCUT2D eigenvalue weighted by Gasteiger charge is -2.04. The maximum absolute atomic E-state index is 5.23. The molecular weight excluding hydrogens is 250 g/mol. The third-order valence-corrected chi connectivity index (χ3v) is 3.10. The van der Waals surface area contributed by atoms with Gasteiger partial charge in [0, 0.05) is 24.2 Å². The third-order valence-electron chi connectivity index (χ3n) is 3.10. The van der Waals surface area contributed by atoms with Crippen LogP contribution < -0.4 is 4.74 Å². The molecule has 0 radical (unpaired) electrons. The Labute approximate surface area is 117 Å². The van der Waals surface area contributed by atoms with E-state index in [0.29, 0.717) is 0 Å². The van der Waals surface area contributed by atoms with Gasteiger partial charge in [-0.1, -0.05) is 12.1 Å². The zero-order valence-corrected chi connectivity index (χ0v) is 11.2. The monoisotopic (exact) mass is 265 g/mol. The number of methoxy groups -OCH3 is 1. The van der Waals surface area contributed by atoms with Gasteiger partial charge in [-0.2, -0.15) is 5.10 Å². The summed E-state index contributed by atoms with van der Waals surface area (Å²) in [6, 6.07) is 13.9. The minimum Gasteiger partial charge on any atom is -0.497 e. The Morgan fingerprint density at radius 3 is 2.75 bits per heavy atom. The van der Waals surface area contributed by atoms with Crippen LogP contribution in [0.5, 0.6) is 5.75 Å². The predicted molar refractivity (Wildman–Crippen MR) is 77.6 cm³/mol. The van der Waals surface area contributed by atoms with E-state index in [9.17, 15) is 0 Å².